The molecule has 0 bridgehead atoms. The first kappa shape index (κ1) is 24.6. The molecule has 0 aliphatic carbocycles. The average molecular weight is 462 g/mol. The molecule has 1 aliphatic rings. The van der Waals surface area contributed by atoms with Crippen molar-refractivity contribution in [2.24, 2.45) is 5.92 Å². The summed E-state index contributed by atoms with van der Waals surface area (Å²) in [4.78, 5) is 27.1. The molecule has 178 valence electrons. The molecule has 0 unspecified atom stereocenters. The molecule has 0 saturated carbocycles. The number of carbonyl (C=O) groups excluding carboxylic acids is 2. The Balaban J connectivity index is 1.62. The highest BCUT2D eigenvalue weighted by Crippen LogP contribution is 2.29. The summed E-state index contributed by atoms with van der Waals surface area (Å²) >= 11 is 0. The van der Waals surface area contributed by atoms with Gasteiger partial charge in [0.2, 0.25) is 5.91 Å². The van der Waals surface area contributed by atoms with Crippen molar-refractivity contribution in [1.82, 2.24) is 10.6 Å². The Morgan fingerprint density at radius 2 is 1.79 bits per heavy atom. The number of anilines is 1. The molecule has 0 spiro atoms. The highest BCUT2D eigenvalue weighted by molar-refractivity contribution is 5.99. The van der Waals surface area contributed by atoms with Gasteiger partial charge >= 0.3 is 6.18 Å². The topological polar surface area (TPSA) is 61.4 Å². The number of rotatable bonds is 7. The van der Waals surface area contributed by atoms with E-state index in [0.29, 0.717) is 24.2 Å². The van der Waals surface area contributed by atoms with Crippen LogP contribution in [-0.4, -0.2) is 30.9 Å². The van der Waals surface area contributed by atoms with Crippen LogP contribution in [0.5, 0.6) is 0 Å². The zero-order valence-corrected chi connectivity index (χ0v) is 18.9. The van der Waals surface area contributed by atoms with Crippen molar-refractivity contribution in [1.29, 1.82) is 0 Å². The summed E-state index contributed by atoms with van der Waals surface area (Å²) in [6.07, 6.45) is -2.06. The van der Waals surface area contributed by atoms with E-state index < -0.39 is 11.7 Å². The summed E-state index contributed by atoms with van der Waals surface area (Å²) < 4.78 is 38.8. The largest absolute Gasteiger partial charge is 0.416 e. The van der Waals surface area contributed by atoms with Crippen LogP contribution in [0.4, 0.5) is 18.9 Å². The second-order valence-corrected chi connectivity index (χ2v) is 8.48. The number of nitrogens with zero attached hydrogens (tertiary/aromatic N) is 1. The number of halogens is 3. The quantitative estimate of drug-likeness (QED) is 0.625. The van der Waals surface area contributed by atoms with Gasteiger partial charge in [-0.25, -0.2) is 0 Å². The first-order chi connectivity index (χ1) is 15.7. The van der Waals surface area contributed by atoms with Gasteiger partial charge in [0.1, 0.15) is 0 Å². The zero-order chi connectivity index (χ0) is 24.0. The van der Waals surface area contributed by atoms with E-state index >= 15 is 0 Å². The van der Waals surface area contributed by atoms with Crippen molar-refractivity contribution in [3.8, 4) is 0 Å². The highest BCUT2D eigenvalue weighted by Gasteiger charge is 2.30. The summed E-state index contributed by atoms with van der Waals surface area (Å²) in [5.74, 6) is -0.273. The fourth-order valence-electron chi connectivity index (χ4n) is 3.87. The SMILES string of the molecule is CC[C@@H](C)C(=O)NC1CCN(c2ccccc2C(=O)NCc2cccc(C(F)(F)F)c2)CC1. The molecular formula is C25H30F3N3O2. The Morgan fingerprint density at radius 3 is 2.45 bits per heavy atom. The molecule has 33 heavy (non-hydrogen) atoms. The number of piperidine rings is 1. The Bertz CT molecular complexity index is 969. The van der Waals surface area contributed by atoms with Gasteiger partial charge in [-0.3, -0.25) is 9.59 Å². The van der Waals surface area contributed by atoms with Gasteiger partial charge < -0.3 is 15.5 Å². The van der Waals surface area contributed by atoms with Gasteiger partial charge in [-0.2, -0.15) is 13.2 Å². The van der Waals surface area contributed by atoms with E-state index in [1.165, 1.54) is 6.07 Å². The molecule has 0 radical (unpaired) electrons. The molecule has 2 aromatic carbocycles. The van der Waals surface area contributed by atoms with Crippen molar-refractivity contribution < 1.29 is 22.8 Å². The lowest BCUT2D eigenvalue weighted by Gasteiger charge is -2.35. The minimum atomic E-state index is -4.42. The van der Waals surface area contributed by atoms with Gasteiger partial charge in [-0.1, -0.05) is 38.1 Å². The summed E-state index contributed by atoms with van der Waals surface area (Å²) in [6, 6.07) is 12.3. The fraction of sp³-hybridized carbons (Fsp3) is 0.440. The highest BCUT2D eigenvalue weighted by atomic mass is 19.4. The van der Waals surface area contributed by atoms with E-state index in [-0.39, 0.29) is 30.3 Å². The summed E-state index contributed by atoms with van der Waals surface area (Å²) in [7, 11) is 0. The van der Waals surface area contributed by atoms with E-state index in [1.54, 1.807) is 18.2 Å². The van der Waals surface area contributed by atoms with Gasteiger partial charge in [0.05, 0.1) is 11.1 Å². The molecule has 1 heterocycles. The third-order valence-electron chi connectivity index (χ3n) is 6.10. The Hall–Kier alpha value is -3.03. The van der Waals surface area contributed by atoms with Gasteiger partial charge in [0.25, 0.3) is 5.91 Å². The van der Waals surface area contributed by atoms with Crippen molar-refractivity contribution >= 4 is 17.5 Å². The van der Waals surface area contributed by atoms with Crippen LogP contribution in [0.1, 0.15) is 54.6 Å². The predicted octanol–water partition coefficient (Wildman–Crippen LogP) is 4.77. The second-order valence-electron chi connectivity index (χ2n) is 8.48. The van der Waals surface area contributed by atoms with Gasteiger partial charge in [-0.15, -0.1) is 0 Å². The van der Waals surface area contributed by atoms with Gasteiger partial charge in [-0.05, 0) is 49.1 Å². The molecule has 1 aliphatic heterocycles. The molecule has 0 aromatic heterocycles. The van der Waals surface area contributed by atoms with Crippen LogP contribution < -0.4 is 15.5 Å². The Morgan fingerprint density at radius 1 is 1.09 bits per heavy atom. The molecular weight excluding hydrogens is 431 g/mol. The maximum atomic E-state index is 12.9. The van der Waals surface area contributed by atoms with E-state index in [4.69, 9.17) is 0 Å². The smallest absolute Gasteiger partial charge is 0.371 e. The maximum absolute atomic E-state index is 12.9. The molecule has 2 amide bonds. The molecule has 8 heteroatoms. The third-order valence-corrected chi connectivity index (χ3v) is 6.10. The lowest BCUT2D eigenvalue weighted by atomic mass is 10.0. The van der Waals surface area contributed by atoms with E-state index in [1.807, 2.05) is 26.0 Å². The van der Waals surface area contributed by atoms with Crippen LogP contribution in [0, 0.1) is 5.92 Å². The molecule has 5 nitrogen and oxygen atoms in total. The molecule has 3 rings (SSSR count). The van der Waals surface area contributed by atoms with Gasteiger partial charge in [0.15, 0.2) is 0 Å². The number of nitrogens with one attached hydrogen (secondary N) is 2. The molecule has 1 fully saturated rings. The third kappa shape index (κ3) is 6.49. The van der Waals surface area contributed by atoms with Crippen LogP contribution in [-0.2, 0) is 17.5 Å². The summed E-state index contributed by atoms with van der Waals surface area (Å²) in [5, 5.41) is 5.84. The Kier molecular flexibility index (Phi) is 8.00. The zero-order valence-electron chi connectivity index (χ0n) is 18.9. The van der Waals surface area contributed by atoms with Gasteiger partial charge in [0, 0.05) is 37.3 Å². The van der Waals surface area contributed by atoms with Crippen molar-refractivity contribution in [2.45, 2.75) is 51.9 Å². The fourth-order valence-corrected chi connectivity index (χ4v) is 3.87. The molecule has 2 aromatic rings. The normalized spacial score (nSPS) is 15.7. The van der Waals surface area contributed by atoms with Crippen LogP contribution in [0.2, 0.25) is 0 Å². The van der Waals surface area contributed by atoms with E-state index in [2.05, 4.69) is 15.5 Å². The number of carbonyl (C=O) groups is 2. The van der Waals surface area contributed by atoms with Crippen LogP contribution in [0.3, 0.4) is 0 Å². The second kappa shape index (κ2) is 10.7. The standard InChI is InChI=1S/C25H30F3N3O2/c1-3-17(2)23(32)30-20-11-13-31(14-12-20)22-10-5-4-9-21(22)24(33)29-16-18-7-6-8-19(15-18)25(26,27)28/h4-10,15,17,20H,3,11-14,16H2,1-2H3,(H,29,33)(H,30,32)/t17-/m1/s1. The number of para-hydroxylation sites is 1. The van der Waals surface area contributed by atoms with Crippen LogP contribution in [0.15, 0.2) is 48.5 Å². The number of hydrogen-bond acceptors (Lipinski definition) is 3. The number of hydrogen-bond donors (Lipinski definition) is 2. The Labute approximate surface area is 192 Å². The first-order valence-electron chi connectivity index (χ1n) is 11.3. The lowest BCUT2D eigenvalue weighted by Crippen LogP contribution is -2.46. The van der Waals surface area contributed by atoms with Crippen LogP contribution in [0.25, 0.3) is 0 Å². The van der Waals surface area contributed by atoms with Crippen molar-refractivity contribution in [3.63, 3.8) is 0 Å². The first-order valence-corrected chi connectivity index (χ1v) is 11.3. The average Bonchev–Trinajstić information content (AvgIpc) is 2.82. The van der Waals surface area contributed by atoms with E-state index in [9.17, 15) is 22.8 Å². The van der Waals surface area contributed by atoms with Crippen molar-refractivity contribution in [2.75, 3.05) is 18.0 Å². The predicted molar refractivity (Wildman–Crippen MR) is 122 cm³/mol. The lowest BCUT2D eigenvalue weighted by molar-refractivity contribution is -0.137. The number of alkyl halides is 3. The minimum Gasteiger partial charge on any atom is -0.371 e. The molecule has 1 atom stereocenters. The minimum absolute atomic E-state index is 0.000800. The monoisotopic (exact) mass is 461 g/mol. The number of benzene rings is 2. The van der Waals surface area contributed by atoms with E-state index in [0.717, 1.165) is 37.1 Å². The molecule has 1 saturated heterocycles. The van der Waals surface area contributed by atoms with Crippen LogP contribution >= 0.6 is 0 Å². The summed E-state index contributed by atoms with van der Waals surface area (Å²) in [5.41, 5.74) is 0.906. The molecule has 2 N–H and O–H groups in total. The maximum Gasteiger partial charge on any atom is 0.416 e. The van der Waals surface area contributed by atoms with Crippen molar-refractivity contribution in [3.05, 3.63) is 65.2 Å². The number of amides is 2. The summed E-state index contributed by atoms with van der Waals surface area (Å²) in [6.45, 7) is 5.30.